The molecule has 0 aliphatic heterocycles. The third-order valence-electron chi connectivity index (χ3n) is 3.83. The molecular formula is C20H24N2O5. The van der Waals surface area contributed by atoms with Crippen LogP contribution in [0.1, 0.15) is 18.1 Å². The van der Waals surface area contributed by atoms with Gasteiger partial charge in [-0.15, -0.1) is 0 Å². The van der Waals surface area contributed by atoms with Gasteiger partial charge in [-0.1, -0.05) is 19.1 Å². The van der Waals surface area contributed by atoms with Crippen molar-refractivity contribution in [1.29, 1.82) is 0 Å². The molecule has 2 aromatic carbocycles. The summed E-state index contributed by atoms with van der Waals surface area (Å²) in [7, 11) is 4.58. The van der Waals surface area contributed by atoms with E-state index in [1.54, 1.807) is 19.2 Å². The molecule has 1 N–H and O–H groups in total. The van der Waals surface area contributed by atoms with E-state index in [0.717, 1.165) is 6.42 Å². The van der Waals surface area contributed by atoms with Crippen LogP contribution in [0.25, 0.3) is 0 Å². The maximum atomic E-state index is 11.9. The van der Waals surface area contributed by atoms with Crippen molar-refractivity contribution in [2.75, 3.05) is 27.9 Å². The predicted octanol–water partition coefficient (Wildman–Crippen LogP) is 2.80. The topological polar surface area (TPSA) is 78.4 Å². The Kier molecular flexibility index (Phi) is 7.49. The second-order valence-electron chi connectivity index (χ2n) is 5.50. The molecule has 7 heteroatoms. The lowest BCUT2D eigenvalue weighted by Gasteiger charge is -2.13. The monoisotopic (exact) mass is 372 g/mol. The van der Waals surface area contributed by atoms with Crippen molar-refractivity contribution in [2.24, 2.45) is 5.10 Å². The Balaban J connectivity index is 1.95. The standard InChI is InChI=1S/C20H24N2O5/c1-5-14-6-9-16(10-7-14)27-13-18(23)22-21-12-15-8-11-17(24-2)20(26-4)19(15)25-3/h6-12H,5,13H2,1-4H3,(H,22,23)/b21-12+. The number of amides is 1. The SMILES string of the molecule is CCc1ccc(OCC(=O)N/N=C/c2ccc(OC)c(OC)c2OC)cc1. The summed E-state index contributed by atoms with van der Waals surface area (Å²) >= 11 is 0. The lowest BCUT2D eigenvalue weighted by molar-refractivity contribution is -0.123. The number of rotatable bonds is 9. The zero-order chi connectivity index (χ0) is 19.6. The van der Waals surface area contributed by atoms with Crippen LogP contribution in [-0.2, 0) is 11.2 Å². The second kappa shape index (κ2) is 10.1. The zero-order valence-corrected chi connectivity index (χ0v) is 15.9. The van der Waals surface area contributed by atoms with Crippen molar-refractivity contribution in [3.63, 3.8) is 0 Å². The summed E-state index contributed by atoms with van der Waals surface area (Å²) in [6.07, 6.45) is 2.42. The molecule has 0 fully saturated rings. The number of carbonyl (C=O) groups is 1. The highest BCUT2D eigenvalue weighted by molar-refractivity contribution is 5.87. The van der Waals surface area contributed by atoms with E-state index in [-0.39, 0.29) is 12.5 Å². The number of hydrogen-bond donors (Lipinski definition) is 1. The first-order chi connectivity index (χ1) is 13.1. The molecule has 0 spiro atoms. The van der Waals surface area contributed by atoms with Gasteiger partial charge in [0.05, 0.1) is 27.5 Å². The molecule has 0 aromatic heterocycles. The van der Waals surface area contributed by atoms with E-state index in [1.165, 1.54) is 26.0 Å². The van der Waals surface area contributed by atoms with Crippen molar-refractivity contribution < 1.29 is 23.7 Å². The third kappa shape index (κ3) is 5.37. The maximum Gasteiger partial charge on any atom is 0.277 e. The number of benzene rings is 2. The Morgan fingerprint density at radius 1 is 1.00 bits per heavy atom. The van der Waals surface area contributed by atoms with E-state index in [9.17, 15) is 4.79 Å². The van der Waals surface area contributed by atoms with Crippen LogP contribution in [0.5, 0.6) is 23.0 Å². The van der Waals surface area contributed by atoms with Gasteiger partial charge in [-0.25, -0.2) is 5.43 Å². The number of methoxy groups -OCH3 is 3. The molecule has 0 saturated heterocycles. The normalized spacial score (nSPS) is 10.5. The van der Waals surface area contributed by atoms with Crippen LogP contribution in [0.4, 0.5) is 0 Å². The van der Waals surface area contributed by atoms with Crippen molar-refractivity contribution in [2.45, 2.75) is 13.3 Å². The molecule has 0 heterocycles. The van der Waals surface area contributed by atoms with E-state index in [0.29, 0.717) is 28.6 Å². The van der Waals surface area contributed by atoms with Gasteiger partial charge in [0.2, 0.25) is 5.75 Å². The van der Waals surface area contributed by atoms with E-state index in [4.69, 9.17) is 18.9 Å². The molecule has 2 rings (SSSR count). The molecule has 144 valence electrons. The van der Waals surface area contributed by atoms with Gasteiger partial charge in [0, 0.05) is 5.56 Å². The molecule has 1 amide bonds. The van der Waals surface area contributed by atoms with Crippen molar-refractivity contribution >= 4 is 12.1 Å². The average Bonchev–Trinajstić information content (AvgIpc) is 2.71. The van der Waals surface area contributed by atoms with Crippen LogP contribution in [-0.4, -0.2) is 40.1 Å². The molecule has 0 aliphatic rings. The minimum Gasteiger partial charge on any atom is -0.493 e. The highest BCUT2D eigenvalue weighted by Crippen LogP contribution is 2.38. The Morgan fingerprint density at radius 3 is 2.30 bits per heavy atom. The Hall–Kier alpha value is -3.22. The Bertz CT molecular complexity index is 788. The Labute approximate surface area is 158 Å². The van der Waals surface area contributed by atoms with Gasteiger partial charge in [0.15, 0.2) is 18.1 Å². The fraction of sp³-hybridized carbons (Fsp3) is 0.300. The number of aryl methyl sites for hydroxylation is 1. The minimum atomic E-state index is -0.370. The van der Waals surface area contributed by atoms with Crippen molar-refractivity contribution in [3.8, 4) is 23.0 Å². The van der Waals surface area contributed by atoms with E-state index in [1.807, 2.05) is 24.3 Å². The Morgan fingerprint density at radius 2 is 1.70 bits per heavy atom. The highest BCUT2D eigenvalue weighted by atomic mass is 16.5. The maximum absolute atomic E-state index is 11.9. The number of hydrazone groups is 1. The molecule has 0 atom stereocenters. The van der Waals surface area contributed by atoms with Crippen LogP contribution >= 0.6 is 0 Å². The van der Waals surface area contributed by atoms with E-state index in [2.05, 4.69) is 17.5 Å². The van der Waals surface area contributed by atoms with Gasteiger partial charge >= 0.3 is 0 Å². The first-order valence-corrected chi connectivity index (χ1v) is 8.45. The quantitative estimate of drug-likeness (QED) is 0.541. The molecule has 2 aromatic rings. The molecule has 0 bridgehead atoms. The highest BCUT2D eigenvalue weighted by Gasteiger charge is 2.14. The van der Waals surface area contributed by atoms with Crippen LogP contribution in [0.15, 0.2) is 41.5 Å². The smallest absolute Gasteiger partial charge is 0.277 e. The largest absolute Gasteiger partial charge is 0.493 e. The van der Waals surface area contributed by atoms with Crippen LogP contribution in [0, 0.1) is 0 Å². The minimum absolute atomic E-state index is 0.133. The molecule has 27 heavy (non-hydrogen) atoms. The van der Waals surface area contributed by atoms with Gasteiger partial charge in [-0.3, -0.25) is 4.79 Å². The number of ether oxygens (including phenoxy) is 4. The van der Waals surface area contributed by atoms with Crippen LogP contribution in [0.3, 0.4) is 0 Å². The summed E-state index contributed by atoms with van der Waals surface area (Å²) in [6, 6.07) is 11.1. The average molecular weight is 372 g/mol. The summed E-state index contributed by atoms with van der Waals surface area (Å²) in [5, 5.41) is 3.94. The fourth-order valence-corrected chi connectivity index (χ4v) is 2.40. The first kappa shape index (κ1) is 20.1. The molecule has 0 unspecified atom stereocenters. The van der Waals surface area contributed by atoms with Crippen LogP contribution < -0.4 is 24.4 Å². The molecule has 0 aliphatic carbocycles. The summed E-state index contributed by atoms with van der Waals surface area (Å²) in [4.78, 5) is 11.9. The fourth-order valence-electron chi connectivity index (χ4n) is 2.40. The number of nitrogens with zero attached hydrogens (tertiary/aromatic N) is 1. The molecule has 0 saturated carbocycles. The number of carbonyl (C=O) groups excluding carboxylic acids is 1. The number of nitrogens with one attached hydrogen (secondary N) is 1. The van der Waals surface area contributed by atoms with Crippen molar-refractivity contribution in [1.82, 2.24) is 5.43 Å². The first-order valence-electron chi connectivity index (χ1n) is 8.45. The number of hydrogen-bond acceptors (Lipinski definition) is 6. The van der Waals surface area contributed by atoms with Crippen molar-refractivity contribution in [3.05, 3.63) is 47.5 Å². The summed E-state index contributed by atoms with van der Waals surface area (Å²) < 4.78 is 21.3. The lowest BCUT2D eigenvalue weighted by Crippen LogP contribution is -2.24. The molecule has 7 nitrogen and oxygen atoms in total. The third-order valence-corrected chi connectivity index (χ3v) is 3.83. The predicted molar refractivity (Wildman–Crippen MR) is 103 cm³/mol. The summed E-state index contributed by atoms with van der Waals surface area (Å²) in [5.41, 5.74) is 4.26. The van der Waals surface area contributed by atoms with Gasteiger partial charge < -0.3 is 18.9 Å². The summed E-state index contributed by atoms with van der Waals surface area (Å²) in [5.74, 6) is 1.72. The molecular weight excluding hydrogens is 348 g/mol. The zero-order valence-electron chi connectivity index (χ0n) is 15.9. The van der Waals surface area contributed by atoms with Gasteiger partial charge in [-0.05, 0) is 36.2 Å². The van der Waals surface area contributed by atoms with Gasteiger partial charge in [0.25, 0.3) is 5.91 Å². The lowest BCUT2D eigenvalue weighted by atomic mass is 10.2. The second-order valence-corrected chi connectivity index (χ2v) is 5.50. The summed E-state index contributed by atoms with van der Waals surface area (Å²) in [6.45, 7) is 1.95. The van der Waals surface area contributed by atoms with Crippen LogP contribution in [0.2, 0.25) is 0 Å². The molecule has 0 radical (unpaired) electrons. The van der Waals surface area contributed by atoms with Gasteiger partial charge in [0.1, 0.15) is 5.75 Å². The van der Waals surface area contributed by atoms with E-state index >= 15 is 0 Å². The van der Waals surface area contributed by atoms with Gasteiger partial charge in [-0.2, -0.15) is 5.10 Å². The van der Waals surface area contributed by atoms with E-state index < -0.39 is 0 Å².